The molecule has 29 heavy (non-hydrogen) atoms. The van der Waals surface area contributed by atoms with Gasteiger partial charge in [0.1, 0.15) is 17.3 Å². The molecule has 0 radical (unpaired) electrons. The molecule has 0 spiro atoms. The summed E-state index contributed by atoms with van der Waals surface area (Å²) in [5.41, 5.74) is 3.05. The van der Waals surface area contributed by atoms with Gasteiger partial charge < -0.3 is 15.5 Å². The SMILES string of the molecule is O=C1NCCc2c(NCCN3CCC(c4ccccc4)CC3)nc(C3CC3)nc21. The van der Waals surface area contributed by atoms with Crippen molar-refractivity contribution in [2.75, 3.05) is 38.0 Å². The lowest BCUT2D eigenvalue weighted by Crippen LogP contribution is -2.37. The van der Waals surface area contributed by atoms with Gasteiger partial charge in [0.15, 0.2) is 0 Å². The molecule has 0 bridgehead atoms. The van der Waals surface area contributed by atoms with E-state index in [1.54, 1.807) is 0 Å². The molecule has 5 rings (SSSR count). The second-order valence-corrected chi connectivity index (χ2v) is 8.49. The molecule has 1 saturated carbocycles. The van der Waals surface area contributed by atoms with Crippen molar-refractivity contribution >= 4 is 11.7 Å². The standard InChI is InChI=1S/C23H29N5O/c29-23-20-19(8-11-25-23)22(27-21(26-20)18-6-7-18)24-12-15-28-13-9-17(10-14-28)16-4-2-1-3-5-16/h1-5,17-18H,6-15H2,(H,25,29)(H,24,26,27). The third-order valence-electron chi connectivity index (χ3n) is 6.42. The van der Waals surface area contributed by atoms with Gasteiger partial charge in [0.05, 0.1) is 0 Å². The molecule has 1 aromatic carbocycles. The Bertz CT molecular complexity index is 872. The average Bonchev–Trinajstić information content (AvgIpc) is 3.61. The van der Waals surface area contributed by atoms with E-state index in [1.807, 2.05) is 0 Å². The Morgan fingerprint density at radius 2 is 1.83 bits per heavy atom. The van der Waals surface area contributed by atoms with Crippen LogP contribution in [0.4, 0.5) is 5.82 Å². The molecule has 2 fully saturated rings. The summed E-state index contributed by atoms with van der Waals surface area (Å²) in [6, 6.07) is 10.9. The van der Waals surface area contributed by atoms with E-state index < -0.39 is 0 Å². The molecule has 2 aliphatic heterocycles. The van der Waals surface area contributed by atoms with E-state index in [2.05, 4.69) is 50.8 Å². The third kappa shape index (κ3) is 4.13. The zero-order valence-electron chi connectivity index (χ0n) is 16.9. The van der Waals surface area contributed by atoms with Crippen LogP contribution in [0.5, 0.6) is 0 Å². The van der Waals surface area contributed by atoms with Gasteiger partial charge in [0.2, 0.25) is 0 Å². The fraction of sp³-hybridized carbons (Fsp3) is 0.522. The number of carbonyl (C=O) groups is 1. The number of fused-ring (bicyclic) bond motifs is 1. The molecule has 1 amide bonds. The maximum absolute atomic E-state index is 12.3. The van der Waals surface area contributed by atoms with Crippen molar-refractivity contribution < 1.29 is 4.79 Å². The van der Waals surface area contributed by atoms with Gasteiger partial charge in [0, 0.05) is 31.1 Å². The van der Waals surface area contributed by atoms with Gasteiger partial charge in [-0.2, -0.15) is 0 Å². The Balaban J connectivity index is 1.19. The molecule has 1 saturated heterocycles. The number of aromatic nitrogens is 2. The number of benzene rings is 1. The molecule has 0 unspecified atom stereocenters. The normalized spacial score (nSPS) is 20.2. The number of amides is 1. The van der Waals surface area contributed by atoms with Crippen molar-refractivity contribution in [3.8, 4) is 0 Å². The maximum atomic E-state index is 12.3. The fourth-order valence-corrected chi connectivity index (χ4v) is 4.53. The number of nitrogens with zero attached hydrogens (tertiary/aromatic N) is 3. The number of hydrogen-bond acceptors (Lipinski definition) is 5. The lowest BCUT2D eigenvalue weighted by molar-refractivity contribution is 0.0940. The minimum absolute atomic E-state index is 0.0541. The smallest absolute Gasteiger partial charge is 0.270 e. The molecule has 1 aliphatic carbocycles. The minimum Gasteiger partial charge on any atom is -0.368 e. The van der Waals surface area contributed by atoms with Gasteiger partial charge in [-0.25, -0.2) is 9.97 Å². The number of hydrogen-bond donors (Lipinski definition) is 2. The first-order valence-corrected chi connectivity index (χ1v) is 11.0. The highest BCUT2D eigenvalue weighted by atomic mass is 16.1. The quantitative estimate of drug-likeness (QED) is 0.792. The number of rotatable bonds is 6. The number of piperidine rings is 1. The van der Waals surface area contributed by atoms with Crippen LogP contribution >= 0.6 is 0 Å². The molecular weight excluding hydrogens is 362 g/mol. The Labute approximate surface area is 172 Å². The highest BCUT2D eigenvalue weighted by Gasteiger charge is 2.31. The highest BCUT2D eigenvalue weighted by molar-refractivity contribution is 5.96. The molecule has 0 atom stereocenters. The van der Waals surface area contributed by atoms with E-state index in [0.29, 0.717) is 24.1 Å². The zero-order valence-corrected chi connectivity index (χ0v) is 16.9. The summed E-state index contributed by atoms with van der Waals surface area (Å²) in [5, 5.41) is 6.45. The Morgan fingerprint density at radius 3 is 2.59 bits per heavy atom. The molecule has 3 aliphatic rings. The Kier molecular flexibility index (Phi) is 5.19. The van der Waals surface area contributed by atoms with Crippen LogP contribution in [0.15, 0.2) is 30.3 Å². The monoisotopic (exact) mass is 391 g/mol. The summed E-state index contributed by atoms with van der Waals surface area (Å²) in [4.78, 5) is 24.2. The minimum atomic E-state index is -0.0541. The summed E-state index contributed by atoms with van der Waals surface area (Å²) in [7, 11) is 0. The summed E-state index contributed by atoms with van der Waals surface area (Å²) in [6.45, 7) is 4.80. The second kappa shape index (κ2) is 8.11. The Hall–Kier alpha value is -2.47. The van der Waals surface area contributed by atoms with E-state index in [9.17, 15) is 4.79 Å². The molecule has 152 valence electrons. The lowest BCUT2D eigenvalue weighted by Gasteiger charge is -2.32. The lowest BCUT2D eigenvalue weighted by atomic mass is 9.89. The summed E-state index contributed by atoms with van der Waals surface area (Å²) in [5.74, 6) is 2.79. The number of likely N-dealkylation sites (tertiary alicyclic amines) is 1. The van der Waals surface area contributed by atoms with Crippen molar-refractivity contribution in [3.05, 3.63) is 53.0 Å². The van der Waals surface area contributed by atoms with E-state index >= 15 is 0 Å². The average molecular weight is 392 g/mol. The van der Waals surface area contributed by atoms with E-state index in [1.165, 1.54) is 18.4 Å². The van der Waals surface area contributed by atoms with Gasteiger partial charge in [-0.1, -0.05) is 30.3 Å². The third-order valence-corrected chi connectivity index (χ3v) is 6.42. The van der Waals surface area contributed by atoms with Crippen molar-refractivity contribution in [2.24, 2.45) is 0 Å². The Morgan fingerprint density at radius 1 is 1.03 bits per heavy atom. The molecule has 1 aromatic heterocycles. The van der Waals surface area contributed by atoms with Crippen LogP contribution in [0, 0.1) is 0 Å². The van der Waals surface area contributed by atoms with Crippen molar-refractivity contribution in [3.63, 3.8) is 0 Å². The van der Waals surface area contributed by atoms with Crippen molar-refractivity contribution in [1.29, 1.82) is 0 Å². The largest absolute Gasteiger partial charge is 0.368 e. The summed E-state index contributed by atoms with van der Waals surface area (Å²) < 4.78 is 0. The van der Waals surface area contributed by atoms with E-state index in [0.717, 1.165) is 62.6 Å². The molecule has 3 heterocycles. The topological polar surface area (TPSA) is 70.2 Å². The van der Waals surface area contributed by atoms with Crippen LogP contribution in [0.1, 0.15) is 65.0 Å². The number of nitrogens with one attached hydrogen (secondary N) is 2. The molecular formula is C23H29N5O. The van der Waals surface area contributed by atoms with Crippen LogP contribution in [0.3, 0.4) is 0 Å². The van der Waals surface area contributed by atoms with Crippen LogP contribution in [0.25, 0.3) is 0 Å². The van der Waals surface area contributed by atoms with Crippen LogP contribution < -0.4 is 10.6 Å². The number of anilines is 1. The van der Waals surface area contributed by atoms with Crippen molar-refractivity contribution in [2.45, 2.75) is 43.9 Å². The van der Waals surface area contributed by atoms with Gasteiger partial charge in [-0.3, -0.25) is 4.79 Å². The van der Waals surface area contributed by atoms with Crippen LogP contribution in [-0.2, 0) is 6.42 Å². The first-order chi connectivity index (χ1) is 14.3. The maximum Gasteiger partial charge on any atom is 0.270 e. The molecule has 6 heteroatoms. The number of carbonyl (C=O) groups excluding carboxylic acids is 1. The summed E-state index contributed by atoms with van der Waals surface area (Å²) in [6.07, 6.45) is 5.51. The highest BCUT2D eigenvalue weighted by Crippen LogP contribution is 2.39. The van der Waals surface area contributed by atoms with Gasteiger partial charge in [-0.05, 0) is 56.7 Å². The van der Waals surface area contributed by atoms with E-state index in [-0.39, 0.29) is 5.91 Å². The first-order valence-electron chi connectivity index (χ1n) is 11.0. The van der Waals surface area contributed by atoms with Crippen LogP contribution in [0.2, 0.25) is 0 Å². The van der Waals surface area contributed by atoms with E-state index in [4.69, 9.17) is 4.98 Å². The van der Waals surface area contributed by atoms with Gasteiger partial charge in [-0.15, -0.1) is 0 Å². The molecule has 6 nitrogen and oxygen atoms in total. The second-order valence-electron chi connectivity index (χ2n) is 8.49. The van der Waals surface area contributed by atoms with Crippen LogP contribution in [-0.4, -0.2) is 53.5 Å². The van der Waals surface area contributed by atoms with Gasteiger partial charge >= 0.3 is 0 Å². The van der Waals surface area contributed by atoms with Gasteiger partial charge in [0.25, 0.3) is 5.91 Å². The predicted molar refractivity (Wildman–Crippen MR) is 113 cm³/mol. The molecule has 2 aromatic rings. The van der Waals surface area contributed by atoms with Crippen molar-refractivity contribution in [1.82, 2.24) is 20.2 Å². The summed E-state index contributed by atoms with van der Waals surface area (Å²) >= 11 is 0. The first kappa shape index (κ1) is 18.6. The zero-order chi connectivity index (χ0) is 19.6. The predicted octanol–water partition coefficient (Wildman–Crippen LogP) is 2.93. The molecule has 2 N–H and O–H groups in total. The fourth-order valence-electron chi connectivity index (χ4n) is 4.53.